The first-order valence-electron chi connectivity index (χ1n) is 39.9. The van der Waals surface area contributed by atoms with Crippen molar-refractivity contribution < 1.29 is 146 Å². The number of carboxylic acid groups (broad SMARTS) is 1. The van der Waals surface area contributed by atoms with Crippen LogP contribution in [0.1, 0.15) is 111 Å². The number of fused-ring (bicyclic) bond motifs is 15. The molecule has 1 unspecified atom stereocenters. The van der Waals surface area contributed by atoms with Crippen LogP contribution in [-0.4, -0.2) is 243 Å². The SMILES string of the molecule is CN[C@H](CC(C)C)C(=O)NC1C(=O)N[C@@H](CC(N)=O)C(=O)N[C@H]2C(=O)N[C@@H]3C(=O)N[C@H](C(=O)N[C@H](C(=O)O)c4cc(O)cc(O)c4-c4cc3ccc4O)[C@H](O[C@H]3C[C@](C)(N)[C@@H](O)[C@H](C)O3)c3ccc(c(Cl)c3)Oc3cc2cc(c3O[C@@H]2O[C@H](CO)[C@@H](O[C@@H]3O[C@H](CNCc4ccc(-c5ccc(F)c(F)c5)nc4)[C@H](O)[C@H](O)[C@H]3O)[C@H](O)[C@H]2O)Oc2ccc(cc2Cl)[C@H]1O. The van der Waals surface area contributed by atoms with E-state index in [1.807, 2.05) is 0 Å². The van der Waals surface area contributed by atoms with Crippen molar-refractivity contribution in [3.8, 4) is 68.4 Å². The van der Waals surface area contributed by atoms with Gasteiger partial charge >= 0.3 is 5.97 Å². The van der Waals surface area contributed by atoms with Gasteiger partial charge in [0.1, 0.15) is 120 Å². The molecule has 1 aromatic heterocycles. The molecule has 15 rings (SSSR count). The maximum Gasteiger partial charge on any atom is 0.330 e. The van der Waals surface area contributed by atoms with Gasteiger partial charge in [-0.1, -0.05) is 61.3 Å². The Hall–Kier alpha value is -11.2. The number of ether oxygens (including phenoxy) is 8. The van der Waals surface area contributed by atoms with E-state index in [1.165, 1.54) is 45.3 Å². The third-order valence-corrected chi connectivity index (χ3v) is 23.0. The summed E-state index contributed by atoms with van der Waals surface area (Å²) < 4.78 is 78.8. The van der Waals surface area contributed by atoms with Gasteiger partial charge in [-0.3, -0.25) is 38.5 Å². The largest absolute Gasteiger partial charge is 0.508 e. The summed E-state index contributed by atoms with van der Waals surface area (Å²) >= 11 is 14.5. The number of phenols is 3. The molecule has 680 valence electrons. The molecule has 3 saturated heterocycles. The fraction of sp³-hybridized carbons (Fsp3) is 0.417. The molecule has 0 spiro atoms. The molecule has 23 atom stereocenters. The van der Waals surface area contributed by atoms with Crippen LogP contribution in [-0.2, 0) is 68.6 Å². The number of aliphatic carboxylic acids is 1. The number of carbonyl (C=O) groups is 8. The van der Waals surface area contributed by atoms with Gasteiger partial charge in [0.2, 0.25) is 53.4 Å². The molecule has 6 aromatic carbocycles. The second-order valence-electron chi connectivity index (χ2n) is 32.2. The minimum atomic E-state index is -2.44. The maximum absolute atomic E-state index is 16.4. The van der Waals surface area contributed by atoms with Crippen molar-refractivity contribution in [1.82, 2.24) is 47.5 Å². The molecular weight excluding hydrogens is 1720 g/mol. The Labute approximate surface area is 730 Å². The first kappa shape index (κ1) is 93.5. The summed E-state index contributed by atoms with van der Waals surface area (Å²) in [6.07, 6.45) is -28.3. The highest BCUT2D eigenvalue weighted by molar-refractivity contribution is 6.32. The molecule has 3 fully saturated rings. The van der Waals surface area contributed by atoms with Gasteiger partial charge in [0.25, 0.3) is 0 Å². The fourth-order valence-corrected chi connectivity index (χ4v) is 16.2. The van der Waals surface area contributed by atoms with Crippen LogP contribution in [0, 0.1) is 17.6 Å². The summed E-state index contributed by atoms with van der Waals surface area (Å²) in [6, 6.07) is 5.13. The molecule has 0 radical (unpaired) electrons. The number of phenolic OH excluding ortho intramolecular Hbond substituents is 3. The number of pyridine rings is 1. The average Bonchev–Trinajstić information content (AvgIpc) is 0.760. The molecule has 0 saturated carbocycles. The first-order valence-corrected chi connectivity index (χ1v) is 40.7. The summed E-state index contributed by atoms with van der Waals surface area (Å²) in [5, 5.41) is 159. The summed E-state index contributed by atoms with van der Waals surface area (Å²) in [4.78, 5) is 125. The van der Waals surface area contributed by atoms with Crippen molar-refractivity contribution in [2.45, 2.75) is 193 Å². The molecule has 43 heteroatoms. The van der Waals surface area contributed by atoms with Crippen LogP contribution < -0.4 is 68.2 Å². The first-order chi connectivity index (χ1) is 60.2. The molecular formula is C84H93Cl2F2N11O28. The fourth-order valence-electron chi connectivity index (χ4n) is 15.7. The zero-order chi connectivity index (χ0) is 91.8. The number of nitrogens with two attached hydrogens (primary N) is 2. The molecule has 9 heterocycles. The number of nitrogens with one attached hydrogen (secondary N) is 8. The lowest BCUT2D eigenvalue weighted by Gasteiger charge is -2.46. The van der Waals surface area contributed by atoms with Crippen LogP contribution in [0.5, 0.6) is 46.0 Å². The van der Waals surface area contributed by atoms with Crippen molar-refractivity contribution >= 4 is 70.5 Å². The van der Waals surface area contributed by atoms with E-state index in [2.05, 4.69) is 47.5 Å². The van der Waals surface area contributed by atoms with E-state index in [0.717, 1.165) is 78.9 Å². The number of aliphatic hydroxyl groups excluding tert-OH is 8. The molecule has 8 aliphatic rings. The number of carbonyl (C=O) groups excluding carboxylic acids is 7. The highest BCUT2D eigenvalue weighted by Gasteiger charge is 2.53. The standard InChI is InChI=1S/C84H93Cl2F2N11O28/c1-31(2)16-47(91-5)75(112)98-63-65(105)36-9-14-51(42(85)18-36)121-53-21-38-22-54(72(53)126-83-70(110)68(108)73(56(30-100)124-83)127-82-69(109)67(107)66(106)55(123-82)29-92-27-33-6-12-46(93-28-33)34-7-11-44(87)45(88)20-34)122-52-15-10-37(19-43(52)86)71(125-58-26-84(4,90)74(111)32(3)120-58)64-80(117)97-62(81(118)119)41-23-39(101)24-50(103)59(41)40-17-35(8-13-49(40)102)60(77(114)99-64)96-78(115)61(38)95-76(113)48(25-57(89)104)94-79(63)116/h6-15,17-24,28,31-32,47-48,55-56,58,60-71,73-74,82-83,91-92,100-103,105-111H,16,25-27,29-30,90H2,1-5H3,(H2,89,104)(H,94,116)(H,95,113)(H,96,115)(H,97,117)(H,98,112)(H,99,114)(H,118,119)/t32-,47+,48-,55+,56+,58-,60-,61+,62-,63?,64-,65+,66-,67-,68+,69+,70+,71+,73+,74-,82-,83-,84-/m0/s1. The van der Waals surface area contributed by atoms with Gasteiger partial charge in [0.15, 0.2) is 41.8 Å². The Bertz CT molecular complexity index is 5340. The Kier molecular flexibility index (Phi) is 28.6. The number of halogens is 4. The van der Waals surface area contributed by atoms with Crippen molar-refractivity contribution in [3.05, 3.63) is 170 Å². The zero-order valence-corrected chi connectivity index (χ0v) is 69.5. The normalized spacial score (nSPS) is 29.5. The molecule has 7 aromatic rings. The quantitative estimate of drug-likeness (QED) is 0.0507. The van der Waals surface area contributed by atoms with Gasteiger partial charge in [0.05, 0.1) is 47.0 Å². The number of hydrogen-bond acceptors (Lipinski definition) is 31. The van der Waals surface area contributed by atoms with Crippen LogP contribution in [0.2, 0.25) is 10.0 Å². The summed E-state index contributed by atoms with van der Waals surface area (Å²) in [5.41, 5.74) is 9.01. The smallest absolute Gasteiger partial charge is 0.330 e. The van der Waals surface area contributed by atoms with Crippen molar-refractivity contribution in [3.63, 3.8) is 0 Å². The number of aliphatic hydroxyl groups is 8. The summed E-state index contributed by atoms with van der Waals surface area (Å²) in [6.45, 7) is 5.10. The molecule has 39 nitrogen and oxygen atoms in total. The molecule has 11 bridgehead atoms. The van der Waals surface area contributed by atoms with Gasteiger partial charge in [-0.05, 0) is 140 Å². The predicted molar refractivity (Wildman–Crippen MR) is 436 cm³/mol. The van der Waals surface area contributed by atoms with E-state index in [-0.39, 0.29) is 48.5 Å². The van der Waals surface area contributed by atoms with E-state index in [0.29, 0.717) is 11.3 Å². The zero-order valence-electron chi connectivity index (χ0n) is 68.0. The second-order valence-corrected chi connectivity index (χ2v) is 33.0. The molecule has 24 N–H and O–H groups in total. The monoisotopic (exact) mass is 1810 g/mol. The Balaban J connectivity index is 0.957. The number of aromatic hydroxyl groups is 3. The topological polar surface area (TPSA) is 614 Å². The van der Waals surface area contributed by atoms with Crippen LogP contribution >= 0.6 is 23.2 Å². The van der Waals surface area contributed by atoms with Crippen molar-refractivity contribution in [2.24, 2.45) is 17.4 Å². The molecule has 127 heavy (non-hydrogen) atoms. The minimum absolute atomic E-state index is 0.0332. The second kappa shape index (κ2) is 38.8. The van der Waals surface area contributed by atoms with Crippen LogP contribution in [0.25, 0.3) is 22.4 Å². The Morgan fingerprint density at radius 3 is 1.94 bits per heavy atom. The number of amides is 7. The van der Waals surface area contributed by atoms with E-state index < -0.39 is 296 Å². The van der Waals surface area contributed by atoms with Gasteiger partial charge in [-0.25, -0.2) is 13.6 Å². The highest BCUT2D eigenvalue weighted by Crippen LogP contribution is 2.50. The van der Waals surface area contributed by atoms with Crippen molar-refractivity contribution in [1.29, 1.82) is 0 Å². The van der Waals surface area contributed by atoms with E-state index >= 15 is 24.0 Å². The van der Waals surface area contributed by atoms with Crippen LogP contribution in [0.4, 0.5) is 8.78 Å². The predicted octanol–water partition coefficient (Wildman–Crippen LogP) is 1.07. The molecule has 7 amide bonds. The number of likely N-dealkylation sites (N-methyl/N-ethyl adjacent to an activating group) is 1. The van der Waals surface area contributed by atoms with E-state index in [4.69, 9.17) is 72.6 Å². The lowest BCUT2D eigenvalue weighted by atomic mass is 9.86. The number of aromatic nitrogens is 1. The number of carboxylic acids is 1. The third kappa shape index (κ3) is 20.4. The van der Waals surface area contributed by atoms with Gasteiger partial charge < -0.3 is 153 Å². The number of nitrogens with zero attached hydrogens (tertiary/aromatic N) is 1. The van der Waals surface area contributed by atoms with Gasteiger partial charge in [-0.15, -0.1) is 0 Å². The lowest BCUT2D eigenvalue weighted by Crippen LogP contribution is -2.65. The number of benzene rings is 6. The molecule has 8 aliphatic heterocycles. The van der Waals surface area contributed by atoms with Gasteiger partial charge in [0, 0.05) is 59.6 Å². The minimum Gasteiger partial charge on any atom is -0.508 e. The van der Waals surface area contributed by atoms with E-state index in [1.54, 1.807) is 26.0 Å². The summed E-state index contributed by atoms with van der Waals surface area (Å²) in [5.74, 6) is -19.1. The molecule has 0 aliphatic carbocycles. The number of hydrogen-bond donors (Lipinski definition) is 22. The Morgan fingerprint density at radius 2 is 1.31 bits per heavy atom. The lowest BCUT2D eigenvalue weighted by molar-refractivity contribution is -0.350. The van der Waals surface area contributed by atoms with Crippen LogP contribution in [0.3, 0.4) is 0 Å². The van der Waals surface area contributed by atoms with Crippen LogP contribution in [0.15, 0.2) is 115 Å². The van der Waals surface area contributed by atoms with Gasteiger partial charge in [-0.2, -0.15) is 0 Å². The number of primary amides is 1. The van der Waals surface area contributed by atoms with E-state index in [9.17, 15) is 84.4 Å². The maximum atomic E-state index is 16.4. The third-order valence-electron chi connectivity index (χ3n) is 22.4. The summed E-state index contributed by atoms with van der Waals surface area (Å²) in [7, 11) is 1.45. The van der Waals surface area contributed by atoms with Crippen molar-refractivity contribution in [2.75, 3.05) is 20.2 Å². The Morgan fingerprint density at radius 1 is 0.669 bits per heavy atom. The highest BCUT2D eigenvalue weighted by atomic mass is 35.5. The number of rotatable bonds is 20. The average molecular weight is 1810 g/mol.